The summed E-state index contributed by atoms with van der Waals surface area (Å²) in [5, 5.41) is 25.0. The monoisotopic (exact) mass is 444 g/mol. The number of benzene rings is 1. The molecule has 2 aliphatic rings. The van der Waals surface area contributed by atoms with Gasteiger partial charge in [-0.2, -0.15) is 5.10 Å². The van der Waals surface area contributed by atoms with E-state index >= 15 is 0 Å². The SMILES string of the molecule is COc1cc(N2CCN(C[C@@H]3CCN(C(=O)O)C3)CC2)c(-c2cnn(C)c2)cc1[N+](=O)[O-]. The lowest BCUT2D eigenvalue weighted by Crippen LogP contribution is -2.48. The van der Waals surface area contributed by atoms with E-state index in [0.29, 0.717) is 19.0 Å². The number of ether oxygens (including phenoxy) is 1. The van der Waals surface area contributed by atoms with Crippen molar-refractivity contribution in [2.24, 2.45) is 13.0 Å². The number of methoxy groups -OCH3 is 1. The van der Waals surface area contributed by atoms with Gasteiger partial charge >= 0.3 is 11.8 Å². The van der Waals surface area contributed by atoms with E-state index in [1.807, 2.05) is 13.2 Å². The fourth-order valence-corrected chi connectivity index (χ4v) is 4.61. The zero-order chi connectivity index (χ0) is 22.8. The van der Waals surface area contributed by atoms with Crippen molar-refractivity contribution < 1.29 is 19.6 Å². The van der Waals surface area contributed by atoms with Gasteiger partial charge in [0.15, 0.2) is 5.75 Å². The van der Waals surface area contributed by atoms with E-state index in [1.165, 1.54) is 12.0 Å². The van der Waals surface area contributed by atoms with Crippen molar-refractivity contribution in [2.75, 3.05) is 57.8 Å². The molecule has 0 spiro atoms. The summed E-state index contributed by atoms with van der Waals surface area (Å²) in [7, 11) is 3.25. The second-order valence-electron chi connectivity index (χ2n) is 8.37. The van der Waals surface area contributed by atoms with E-state index < -0.39 is 11.0 Å². The van der Waals surface area contributed by atoms with Gasteiger partial charge in [-0.05, 0) is 12.3 Å². The minimum absolute atomic E-state index is 0.0713. The minimum atomic E-state index is -0.840. The molecule has 1 N–H and O–H groups in total. The molecule has 11 heteroatoms. The molecule has 3 heterocycles. The first-order valence-electron chi connectivity index (χ1n) is 10.7. The Morgan fingerprint density at radius 1 is 1.28 bits per heavy atom. The molecule has 2 aromatic rings. The lowest BCUT2D eigenvalue weighted by molar-refractivity contribution is -0.385. The number of amides is 1. The van der Waals surface area contributed by atoms with Gasteiger partial charge in [-0.3, -0.25) is 19.7 Å². The molecule has 1 amide bonds. The van der Waals surface area contributed by atoms with E-state index in [2.05, 4.69) is 14.9 Å². The Morgan fingerprint density at radius 2 is 2.03 bits per heavy atom. The van der Waals surface area contributed by atoms with Crippen LogP contribution >= 0.6 is 0 Å². The number of rotatable bonds is 6. The Balaban J connectivity index is 1.51. The maximum absolute atomic E-state index is 11.6. The van der Waals surface area contributed by atoms with Crippen molar-refractivity contribution in [1.82, 2.24) is 19.6 Å². The predicted octanol–water partition coefficient (Wildman–Crippen LogP) is 2.13. The number of aryl methyl sites for hydroxylation is 1. The molecule has 0 saturated carbocycles. The van der Waals surface area contributed by atoms with Gasteiger partial charge in [0.05, 0.1) is 18.2 Å². The number of hydrogen-bond acceptors (Lipinski definition) is 7. The molecule has 172 valence electrons. The summed E-state index contributed by atoms with van der Waals surface area (Å²) in [4.78, 5) is 28.4. The maximum Gasteiger partial charge on any atom is 0.407 e. The summed E-state index contributed by atoms with van der Waals surface area (Å²) in [5.41, 5.74) is 2.39. The van der Waals surface area contributed by atoms with Crippen molar-refractivity contribution >= 4 is 17.5 Å². The number of nitrogens with zero attached hydrogens (tertiary/aromatic N) is 6. The fraction of sp³-hybridized carbons (Fsp3) is 0.524. The topological polar surface area (TPSA) is 117 Å². The summed E-state index contributed by atoms with van der Waals surface area (Å²) in [6, 6.07) is 3.31. The van der Waals surface area contributed by atoms with Gasteiger partial charge in [-0.25, -0.2) is 4.79 Å². The Labute approximate surface area is 185 Å². The second kappa shape index (κ2) is 9.03. The van der Waals surface area contributed by atoms with Crippen LogP contribution in [0.4, 0.5) is 16.2 Å². The maximum atomic E-state index is 11.6. The molecule has 2 aliphatic heterocycles. The van der Waals surface area contributed by atoms with Crippen LogP contribution in [0.25, 0.3) is 11.1 Å². The van der Waals surface area contributed by atoms with Crippen LogP contribution in [0.2, 0.25) is 0 Å². The molecular weight excluding hydrogens is 416 g/mol. The molecule has 4 rings (SSSR count). The molecule has 1 aromatic heterocycles. The van der Waals surface area contributed by atoms with Gasteiger partial charge in [0.1, 0.15) is 0 Å². The van der Waals surface area contributed by atoms with Crippen LogP contribution in [-0.4, -0.2) is 88.6 Å². The lowest BCUT2D eigenvalue weighted by Gasteiger charge is -2.38. The van der Waals surface area contributed by atoms with Gasteiger partial charge in [0.25, 0.3) is 0 Å². The van der Waals surface area contributed by atoms with Crippen molar-refractivity contribution in [3.05, 3.63) is 34.6 Å². The number of carboxylic acid groups (broad SMARTS) is 1. The van der Waals surface area contributed by atoms with Crippen LogP contribution in [-0.2, 0) is 7.05 Å². The van der Waals surface area contributed by atoms with E-state index in [-0.39, 0.29) is 11.4 Å². The zero-order valence-corrected chi connectivity index (χ0v) is 18.3. The first kappa shape index (κ1) is 21.9. The number of nitro groups is 1. The smallest absolute Gasteiger partial charge is 0.407 e. The summed E-state index contributed by atoms with van der Waals surface area (Å²) in [5.74, 6) is 0.600. The van der Waals surface area contributed by atoms with E-state index in [4.69, 9.17) is 9.84 Å². The third-order valence-corrected chi connectivity index (χ3v) is 6.30. The predicted molar refractivity (Wildman–Crippen MR) is 118 cm³/mol. The van der Waals surface area contributed by atoms with Crippen LogP contribution < -0.4 is 9.64 Å². The van der Waals surface area contributed by atoms with Crippen LogP contribution in [0.3, 0.4) is 0 Å². The largest absolute Gasteiger partial charge is 0.490 e. The molecule has 0 aliphatic carbocycles. The minimum Gasteiger partial charge on any atom is -0.490 e. The van der Waals surface area contributed by atoms with E-state index in [1.54, 1.807) is 23.0 Å². The van der Waals surface area contributed by atoms with Gasteiger partial charge in [-0.1, -0.05) is 0 Å². The second-order valence-corrected chi connectivity index (χ2v) is 8.37. The molecule has 0 unspecified atom stereocenters. The van der Waals surface area contributed by atoms with Crippen LogP contribution in [0.15, 0.2) is 24.5 Å². The summed E-state index contributed by atoms with van der Waals surface area (Å²) < 4.78 is 7.00. The molecule has 11 nitrogen and oxygen atoms in total. The highest BCUT2D eigenvalue weighted by Gasteiger charge is 2.30. The Morgan fingerprint density at radius 3 is 2.59 bits per heavy atom. The number of aromatic nitrogens is 2. The molecule has 2 fully saturated rings. The highest BCUT2D eigenvalue weighted by molar-refractivity contribution is 5.82. The quantitative estimate of drug-likeness (QED) is 0.532. The van der Waals surface area contributed by atoms with Crippen LogP contribution in [0.1, 0.15) is 6.42 Å². The number of nitro benzene ring substituents is 1. The van der Waals surface area contributed by atoms with E-state index in [0.717, 1.165) is 56.0 Å². The average Bonchev–Trinajstić information content (AvgIpc) is 3.42. The van der Waals surface area contributed by atoms with Crippen LogP contribution in [0.5, 0.6) is 5.75 Å². The molecule has 2 saturated heterocycles. The highest BCUT2D eigenvalue weighted by Crippen LogP contribution is 2.40. The Hall–Kier alpha value is -3.34. The lowest BCUT2D eigenvalue weighted by atomic mass is 10.0. The standard InChI is InChI=1S/C21H28N6O5/c1-23-14-16(11-22-23)17-9-19(27(30)31)20(32-2)10-18(17)25-7-5-24(6-8-25)12-15-3-4-26(13-15)21(28)29/h9-11,14-15H,3-8,12-13H2,1-2H3,(H,28,29)/t15-/m0/s1. The molecule has 1 atom stereocenters. The number of carbonyl (C=O) groups is 1. The van der Waals surface area contributed by atoms with Gasteiger partial charge < -0.3 is 19.6 Å². The number of hydrogen-bond donors (Lipinski definition) is 1. The summed E-state index contributed by atoms with van der Waals surface area (Å²) >= 11 is 0. The van der Waals surface area contributed by atoms with Gasteiger partial charge in [-0.15, -0.1) is 0 Å². The highest BCUT2D eigenvalue weighted by atomic mass is 16.6. The van der Waals surface area contributed by atoms with Crippen LogP contribution in [0, 0.1) is 16.0 Å². The van der Waals surface area contributed by atoms with Gasteiger partial charge in [0, 0.05) is 88.0 Å². The Kier molecular flexibility index (Phi) is 6.17. The van der Waals surface area contributed by atoms with Crippen molar-refractivity contribution in [1.29, 1.82) is 0 Å². The van der Waals surface area contributed by atoms with Gasteiger partial charge in [0.2, 0.25) is 0 Å². The fourth-order valence-electron chi connectivity index (χ4n) is 4.61. The number of likely N-dealkylation sites (tertiary alicyclic amines) is 1. The first-order chi connectivity index (χ1) is 15.4. The third-order valence-electron chi connectivity index (χ3n) is 6.30. The molecule has 0 bridgehead atoms. The van der Waals surface area contributed by atoms with E-state index in [9.17, 15) is 14.9 Å². The molecule has 0 radical (unpaired) electrons. The average molecular weight is 444 g/mol. The van der Waals surface area contributed by atoms with Crippen molar-refractivity contribution in [3.63, 3.8) is 0 Å². The normalized spacial score (nSPS) is 19.4. The Bertz CT molecular complexity index is 1000. The third kappa shape index (κ3) is 4.47. The summed E-state index contributed by atoms with van der Waals surface area (Å²) in [6.07, 6.45) is 3.61. The number of piperazine rings is 1. The molecular formula is C21H28N6O5. The van der Waals surface area contributed by atoms with Crippen molar-refractivity contribution in [2.45, 2.75) is 6.42 Å². The molecule has 32 heavy (non-hydrogen) atoms. The summed E-state index contributed by atoms with van der Waals surface area (Å²) in [6.45, 7) is 5.31. The number of anilines is 1. The van der Waals surface area contributed by atoms with Crippen molar-refractivity contribution in [3.8, 4) is 16.9 Å². The first-order valence-corrected chi connectivity index (χ1v) is 10.7. The molecule has 1 aromatic carbocycles. The zero-order valence-electron chi connectivity index (χ0n) is 18.3.